The molecule has 0 aliphatic carbocycles. The average molecular weight is 811 g/mol. The van der Waals surface area contributed by atoms with Crippen LogP contribution in [0.25, 0.3) is 62.8 Å². The summed E-state index contributed by atoms with van der Waals surface area (Å²) in [6.45, 7) is 26.1. The lowest BCUT2D eigenvalue weighted by Gasteiger charge is -1.96. The predicted molar refractivity (Wildman–Crippen MR) is 243 cm³/mol. The molecule has 9 rings (SSSR count). The average Bonchev–Trinajstić information content (AvgIpc) is 3.95. The summed E-state index contributed by atoms with van der Waals surface area (Å²) in [5.74, 6) is 4.33. The second kappa shape index (κ2) is 16.4. The quantitative estimate of drug-likeness (QED) is 0.166. The Labute approximate surface area is 341 Å². The molecule has 0 saturated heterocycles. The molecule has 6 nitrogen and oxygen atoms in total. The van der Waals surface area contributed by atoms with Gasteiger partial charge in [0.1, 0.15) is 11.0 Å². The summed E-state index contributed by atoms with van der Waals surface area (Å²) in [5, 5.41) is 5.25. The molecule has 0 spiro atoms. The van der Waals surface area contributed by atoms with E-state index in [2.05, 4.69) is 129 Å². The van der Waals surface area contributed by atoms with Crippen LogP contribution in [0, 0.1) is 0 Å². The zero-order valence-corrected chi connectivity index (χ0v) is 36.6. The van der Waals surface area contributed by atoms with E-state index in [1.54, 1.807) is 22.7 Å². The molecule has 0 amide bonds. The molecular weight excluding hydrogens is 757 g/mol. The minimum atomic E-state index is 0. The molecule has 290 valence electrons. The molecule has 0 unspecified atom stereocenters. The maximum Gasteiger partial charge on any atom is 0.198 e. The molecule has 0 aliphatic heterocycles. The van der Waals surface area contributed by atoms with Crippen LogP contribution in [-0.4, -0.2) is 19.9 Å². The number of fused-ring (bicyclic) bond motifs is 6. The van der Waals surface area contributed by atoms with E-state index in [1.807, 2.05) is 34.8 Å². The van der Waals surface area contributed by atoms with Crippen molar-refractivity contribution < 1.29 is 8.83 Å². The van der Waals surface area contributed by atoms with Gasteiger partial charge < -0.3 is 8.83 Å². The minimum absolute atomic E-state index is 0. The lowest BCUT2D eigenvalue weighted by Crippen LogP contribution is -1.84. The highest BCUT2D eigenvalue weighted by Gasteiger charge is 2.16. The van der Waals surface area contributed by atoms with Crippen molar-refractivity contribution in [2.75, 3.05) is 0 Å². The third-order valence-corrected chi connectivity index (χ3v) is 14.6. The zero-order valence-electron chi connectivity index (χ0n) is 33.3. The van der Waals surface area contributed by atoms with Crippen molar-refractivity contribution in [2.45, 2.75) is 126 Å². The van der Waals surface area contributed by atoms with Gasteiger partial charge in [-0.2, -0.15) is 0 Å². The van der Waals surface area contributed by atoms with E-state index in [1.165, 1.54) is 49.3 Å². The molecule has 55 heavy (non-hydrogen) atoms. The SMILES string of the molecule is C.CC(C)c1cc2cc3sc(C(C)C)cc3cc2s1.CC(C)c1nc2cc3oc(C(C)C)nc3cc2o1.CC(C)c1nc2cc3sc(C(C)C)nc3cc2s1. The summed E-state index contributed by atoms with van der Waals surface area (Å²) in [6.07, 6.45) is 0. The Morgan fingerprint density at radius 1 is 0.382 bits per heavy atom. The monoisotopic (exact) mass is 810 g/mol. The van der Waals surface area contributed by atoms with Crippen LogP contribution in [-0.2, 0) is 0 Å². The molecule has 0 bridgehead atoms. The largest absolute Gasteiger partial charge is 0.440 e. The lowest BCUT2D eigenvalue weighted by molar-refractivity contribution is 0.501. The molecule has 9 aromatic rings. The first kappa shape index (κ1) is 40.9. The van der Waals surface area contributed by atoms with Gasteiger partial charge in [0.2, 0.25) is 0 Å². The van der Waals surface area contributed by atoms with Gasteiger partial charge in [-0.3, -0.25) is 0 Å². The molecule has 0 N–H and O–H groups in total. The maximum atomic E-state index is 5.71. The van der Waals surface area contributed by atoms with Crippen LogP contribution in [0.5, 0.6) is 0 Å². The van der Waals surface area contributed by atoms with Gasteiger partial charge in [-0.15, -0.1) is 45.3 Å². The fourth-order valence-corrected chi connectivity index (χ4v) is 10.1. The van der Waals surface area contributed by atoms with Crippen LogP contribution in [0.3, 0.4) is 0 Å². The molecule has 0 saturated carbocycles. The number of rotatable bonds is 6. The van der Waals surface area contributed by atoms with Gasteiger partial charge in [0, 0.05) is 55.0 Å². The van der Waals surface area contributed by atoms with Crippen molar-refractivity contribution in [3.8, 4) is 0 Å². The highest BCUT2D eigenvalue weighted by molar-refractivity contribution is 7.21. The Morgan fingerprint density at radius 2 is 0.764 bits per heavy atom. The normalized spacial score (nSPS) is 12.1. The van der Waals surface area contributed by atoms with E-state index >= 15 is 0 Å². The van der Waals surface area contributed by atoms with Crippen molar-refractivity contribution >= 4 is 108 Å². The standard InChI is InChI=1S/C16H18S2.C14H16N2O2.C14H16N2S2.CH4/c1-9(2)13-5-11-7-16-12(8-15(11)17-13)6-14(18-16)10(3)4;2*1-7(2)13-15-9-5-12-10(6-11(9)17-13)16-14(18-12)8(3)4;/h5-10H,1-4H3;2*5-8H,1-4H3;1H4. The number of hydrogen-bond donors (Lipinski definition) is 0. The van der Waals surface area contributed by atoms with Crippen molar-refractivity contribution in [1.29, 1.82) is 0 Å². The second-order valence-electron chi connectivity index (χ2n) is 15.9. The van der Waals surface area contributed by atoms with E-state index in [0.29, 0.717) is 23.7 Å². The molecular formula is C45H54N4O2S4. The number of hydrogen-bond acceptors (Lipinski definition) is 10. The van der Waals surface area contributed by atoms with Crippen molar-refractivity contribution in [1.82, 2.24) is 19.9 Å². The van der Waals surface area contributed by atoms with E-state index in [-0.39, 0.29) is 19.3 Å². The smallest absolute Gasteiger partial charge is 0.198 e. The van der Waals surface area contributed by atoms with Crippen molar-refractivity contribution in [2.24, 2.45) is 0 Å². The van der Waals surface area contributed by atoms with Crippen LogP contribution < -0.4 is 0 Å². The highest BCUT2D eigenvalue weighted by atomic mass is 32.1. The molecule has 0 radical (unpaired) electrons. The van der Waals surface area contributed by atoms with Gasteiger partial charge in [-0.1, -0.05) is 90.5 Å². The van der Waals surface area contributed by atoms with Gasteiger partial charge in [0.15, 0.2) is 22.9 Å². The number of aromatic nitrogens is 4. The fourth-order valence-electron chi connectivity index (χ4n) is 5.94. The first-order chi connectivity index (χ1) is 25.6. The maximum absolute atomic E-state index is 5.71. The van der Waals surface area contributed by atoms with Crippen molar-refractivity contribution in [3.63, 3.8) is 0 Å². The summed E-state index contributed by atoms with van der Waals surface area (Å²) >= 11 is 7.47. The van der Waals surface area contributed by atoms with Gasteiger partial charge in [0.05, 0.1) is 30.4 Å². The predicted octanol–water partition coefficient (Wildman–Crippen LogP) is 16.4. The number of thiophene rings is 2. The van der Waals surface area contributed by atoms with E-state index in [4.69, 9.17) is 18.8 Å². The Bertz CT molecular complexity index is 2090. The second-order valence-corrected chi connectivity index (χ2v) is 20.3. The number of oxazole rings is 2. The minimum Gasteiger partial charge on any atom is -0.440 e. The Kier molecular flexibility index (Phi) is 12.2. The Balaban J connectivity index is 0.000000139. The van der Waals surface area contributed by atoms with Crippen LogP contribution in [0.1, 0.15) is 158 Å². The summed E-state index contributed by atoms with van der Waals surface area (Å²) in [5.41, 5.74) is 5.45. The summed E-state index contributed by atoms with van der Waals surface area (Å²) in [6, 6.07) is 17.6. The Morgan fingerprint density at radius 3 is 1.09 bits per heavy atom. The van der Waals surface area contributed by atoms with Gasteiger partial charge >= 0.3 is 0 Å². The van der Waals surface area contributed by atoms with Gasteiger partial charge in [0.25, 0.3) is 0 Å². The molecule has 6 aromatic heterocycles. The molecule has 0 atom stereocenters. The van der Waals surface area contributed by atoms with Crippen LogP contribution >= 0.6 is 45.3 Å². The van der Waals surface area contributed by atoms with E-state index in [0.717, 1.165) is 45.0 Å². The zero-order chi connectivity index (χ0) is 38.6. The number of thiazole rings is 2. The molecule has 10 heteroatoms. The molecule has 3 aromatic carbocycles. The van der Waals surface area contributed by atoms with E-state index < -0.39 is 0 Å². The number of benzene rings is 3. The fraction of sp³-hybridized carbons (Fsp3) is 0.422. The first-order valence-corrected chi connectivity index (χ1v) is 22.3. The number of nitrogens with zero attached hydrogens (tertiary/aromatic N) is 4. The summed E-state index contributed by atoms with van der Waals surface area (Å²) < 4.78 is 16.8. The molecule has 0 aliphatic rings. The topological polar surface area (TPSA) is 77.8 Å². The summed E-state index contributed by atoms with van der Waals surface area (Å²) in [4.78, 5) is 21.3. The Hall–Kier alpha value is -3.70. The van der Waals surface area contributed by atoms with Crippen molar-refractivity contribution in [3.05, 3.63) is 80.1 Å². The highest BCUT2D eigenvalue weighted by Crippen LogP contribution is 2.38. The molecule has 6 heterocycles. The van der Waals surface area contributed by atoms with E-state index in [9.17, 15) is 0 Å². The van der Waals surface area contributed by atoms with Crippen LogP contribution in [0.15, 0.2) is 57.4 Å². The molecule has 0 fully saturated rings. The summed E-state index contributed by atoms with van der Waals surface area (Å²) in [7, 11) is 0. The third-order valence-electron chi connectivity index (χ3n) is 9.17. The third kappa shape index (κ3) is 8.68. The first-order valence-electron chi connectivity index (χ1n) is 19.0. The lowest BCUT2D eigenvalue weighted by atomic mass is 10.1. The van der Waals surface area contributed by atoms with Crippen LogP contribution in [0.4, 0.5) is 0 Å². The van der Waals surface area contributed by atoms with Crippen LogP contribution in [0.2, 0.25) is 0 Å². The van der Waals surface area contributed by atoms with Gasteiger partial charge in [-0.25, -0.2) is 19.9 Å². The van der Waals surface area contributed by atoms with Gasteiger partial charge in [-0.05, 0) is 59.0 Å².